The van der Waals surface area contributed by atoms with Gasteiger partial charge in [0.2, 0.25) is 5.89 Å². The molecule has 0 bridgehead atoms. The number of ether oxygens (including phenoxy) is 1. The van der Waals surface area contributed by atoms with Gasteiger partial charge in [0.25, 0.3) is 5.91 Å². The smallest absolute Gasteiger partial charge is 0.259 e. The molecule has 0 saturated heterocycles. The molecule has 4 aromatic rings. The lowest BCUT2D eigenvalue weighted by Gasteiger charge is -2.14. The quantitative estimate of drug-likeness (QED) is 0.457. The van der Waals surface area contributed by atoms with E-state index in [0.717, 1.165) is 38.9 Å². The van der Waals surface area contributed by atoms with E-state index in [0.29, 0.717) is 22.9 Å². The van der Waals surface area contributed by atoms with Crippen LogP contribution < -0.4 is 10.1 Å². The van der Waals surface area contributed by atoms with E-state index in [1.807, 2.05) is 64.1 Å². The van der Waals surface area contributed by atoms with Gasteiger partial charge in [-0.1, -0.05) is 24.3 Å². The Balaban J connectivity index is 1.72. The van der Waals surface area contributed by atoms with Crippen molar-refractivity contribution < 1.29 is 13.9 Å². The number of nitrogens with zero attached hydrogens (tertiary/aromatic N) is 1. The first-order valence-corrected chi connectivity index (χ1v) is 9.81. The second kappa shape index (κ2) is 7.67. The molecule has 5 nitrogen and oxygen atoms in total. The molecule has 0 aliphatic heterocycles. The third-order valence-corrected chi connectivity index (χ3v) is 5.29. The van der Waals surface area contributed by atoms with Crippen LogP contribution in [-0.4, -0.2) is 18.0 Å². The molecule has 1 aromatic heterocycles. The van der Waals surface area contributed by atoms with Crippen LogP contribution in [0.15, 0.2) is 52.9 Å². The summed E-state index contributed by atoms with van der Waals surface area (Å²) in [5.41, 5.74) is 7.66. The average molecular weight is 400 g/mol. The summed E-state index contributed by atoms with van der Waals surface area (Å²) in [4.78, 5) is 17.6. The summed E-state index contributed by atoms with van der Waals surface area (Å²) >= 11 is 0. The number of aryl methyl sites for hydroxylation is 3. The second-order valence-corrected chi connectivity index (χ2v) is 7.54. The number of carbonyl (C=O) groups excluding carboxylic acids is 1. The lowest BCUT2D eigenvalue weighted by molar-refractivity contribution is 0.102. The highest BCUT2D eigenvalue weighted by molar-refractivity contribution is 6.07. The topological polar surface area (TPSA) is 64.4 Å². The number of methoxy groups -OCH3 is 1. The molecule has 3 aromatic carbocycles. The fourth-order valence-corrected chi connectivity index (χ4v) is 3.79. The number of benzene rings is 3. The number of hydrogen-bond acceptors (Lipinski definition) is 4. The van der Waals surface area contributed by atoms with E-state index in [1.165, 1.54) is 0 Å². The molecular weight excluding hydrogens is 376 g/mol. The van der Waals surface area contributed by atoms with Gasteiger partial charge in [-0.15, -0.1) is 0 Å². The molecule has 0 atom stereocenters. The molecule has 5 heteroatoms. The van der Waals surface area contributed by atoms with Gasteiger partial charge >= 0.3 is 0 Å². The summed E-state index contributed by atoms with van der Waals surface area (Å²) in [6.45, 7) is 7.93. The zero-order chi connectivity index (χ0) is 21.4. The van der Waals surface area contributed by atoms with Gasteiger partial charge in [0.1, 0.15) is 11.3 Å². The number of oxazole rings is 1. The van der Waals surface area contributed by atoms with Crippen LogP contribution in [0, 0.1) is 27.7 Å². The summed E-state index contributed by atoms with van der Waals surface area (Å²) in [5, 5.41) is 3.00. The van der Waals surface area contributed by atoms with Crippen LogP contribution in [0.25, 0.3) is 22.6 Å². The molecule has 0 fully saturated rings. The maximum atomic E-state index is 12.9. The second-order valence-electron chi connectivity index (χ2n) is 7.54. The van der Waals surface area contributed by atoms with Gasteiger partial charge in [0.05, 0.1) is 12.7 Å². The lowest BCUT2D eigenvalue weighted by Crippen LogP contribution is -2.14. The minimum absolute atomic E-state index is 0.222. The van der Waals surface area contributed by atoms with Gasteiger partial charge in [-0.3, -0.25) is 4.79 Å². The molecule has 0 aliphatic carbocycles. The van der Waals surface area contributed by atoms with Crippen molar-refractivity contribution in [3.8, 4) is 17.2 Å². The van der Waals surface area contributed by atoms with Gasteiger partial charge in [0, 0.05) is 11.3 Å². The first-order chi connectivity index (χ1) is 14.4. The summed E-state index contributed by atoms with van der Waals surface area (Å²) in [5.74, 6) is 0.897. The van der Waals surface area contributed by atoms with Crippen LogP contribution in [0.2, 0.25) is 0 Å². The molecule has 0 aliphatic rings. The maximum absolute atomic E-state index is 12.9. The predicted octanol–water partition coefficient (Wildman–Crippen LogP) is 5.99. The average Bonchev–Trinajstić information content (AvgIpc) is 3.13. The first kappa shape index (κ1) is 19.7. The van der Waals surface area contributed by atoms with Crippen LogP contribution in [0.4, 0.5) is 5.69 Å². The van der Waals surface area contributed by atoms with E-state index >= 15 is 0 Å². The van der Waals surface area contributed by atoms with E-state index in [9.17, 15) is 4.79 Å². The zero-order valence-electron chi connectivity index (χ0n) is 17.8. The minimum Gasteiger partial charge on any atom is -0.496 e. The van der Waals surface area contributed by atoms with Crippen molar-refractivity contribution in [3.05, 3.63) is 76.3 Å². The Kier molecular flexibility index (Phi) is 5.04. The van der Waals surface area contributed by atoms with Gasteiger partial charge in [0.15, 0.2) is 5.58 Å². The van der Waals surface area contributed by atoms with Crippen molar-refractivity contribution in [1.29, 1.82) is 0 Å². The van der Waals surface area contributed by atoms with Crippen molar-refractivity contribution in [2.24, 2.45) is 0 Å². The highest BCUT2D eigenvalue weighted by Crippen LogP contribution is 2.32. The van der Waals surface area contributed by atoms with E-state index < -0.39 is 0 Å². The van der Waals surface area contributed by atoms with Crippen molar-refractivity contribution >= 4 is 22.7 Å². The van der Waals surface area contributed by atoms with E-state index in [1.54, 1.807) is 13.2 Å². The van der Waals surface area contributed by atoms with E-state index in [4.69, 9.17) is 9.15 Å². The number of fused-ring (bicyclic) bond motifs is 1. The van der Waals surface area contributed by atoms with Gasteiger partial charge < -0.3 is 14.5 Å². The third kappa shape index (κ3) is 3.43. The fraction of sp³-hybridized carbons (Fsp3) is 0.200. The Morgan fingerprint density at radius 3 is 2.53 bits per heavy atom. The number of rotatable bonds is 4. The van der Waals surface area contributed by atoms with Crippen molar-refractivity contribution in [3.63, 3.8) is 0 Å². The van der Waals surface area contributed by atoms with E-state index in [2.05, 4.69) is 16.4 Å². The Bertz CT molecular complexity index is 1270. The molecule has 0 spiro atoms. The number of para-hydroxylation sites is 1. The van der Waals surface area contributed by atoms with Crippen LogP contribution >= 0.6 is 0 Å². The number of carbonyl (C=O) groups is 1. The van der Waals surface area contributed by atoms with Crippen LogP contribution in [0.1, 0.15) is 32.6 Å². The van der Waals surface area contributed by atoms with Crippen LogP contribution in [0.3, 0.4) is 0 Å². The van der Waals surface area contributed by atoms with Gasteiger partial charge in [-0.25, -0.2) is 4.98 Å². The Hall–Kier alpha value is -3.60. The first-order valence-electron chi connectivity index (χ1n) is 9.81. The number of amides is 1. The van der Waals surface area contributed by atoms with Gasteiger partial charge in [-0.05, 0) is 74.2 Å². The molecule has 0 radical (unpaired) electrons. The molecule has 30 heavy (non-hydrogen) atoms. The molecule has 4 rings (SSSR count). The SMILES string of the molecule is COc1c(C)cccc1C(=O)Nc1cccc(-c2nc3cc(C)cc(C)c3o2)c1C. The molecule has 152 valence electrons. The molecule has 0 unspecified atom stereocenters. The van der Waals surface area contributed by atoms with Gasteiger partial charge in [-0.2, -0.15) is 0 Å². The summed E-state index contributed by atoms with van der Waals surface area (Å²) in [6, 6.07) is 15.3. The fourth-order valence-electron chi connectivity index (χ4n) is 3.79. The summed E-state index contributed by atoms with van der Waals surface area (Å²) in [6.07, 6.45) is 0. The lowest BCUT2D eigenvalue weighted by atomic mass is 10.1. The molecule has 1 N–H and O–H groups in total. The number of nitrogens with one attached hydrogen (secondary N) is 1. The monoisotopic (exact) mass is 400 g/mol. The Labute approximate surface area is 175 Å². The minimum atomic E-state index is -0.222. The highest BCUT2D eigenvalue weighted by atomic mass is 16.5. The summed E-state index contributed by atoms with van der Waals surface area (Å²) in [7, 11) is 1.57. The van der Waals surface area contributed by atoms with Crippen LogP contribution in [-0.2, 0) is 0 Å². The Morgan fingerprint density at radius 1 is 1.00 bits per heavy atom. The largest absolute Gasteiger partial charge is 0.496 e. The van der Waals surface area contributed by atoms with Crippen molar-refractivity contribution in [1.82, 2.24) is 4.98 Å². The normalized spacial score (nSPS) is 11.0. The van der Waals surface area contributed by atoms with Crippen molar-refractivity contribution in [2.75, 3.05) is 12.4 Å². The molecular formula is C25H24N2O3. The standard InChI is InChI=1S/C25H24N2O3/c1-14-12-16(3)23-21(13-14)27-25(30-23)18-9-7-11-20(17(18)4)26-24(28)19-10-6-8-15(2)22(19)29-5/h6-13H,1-5H3,(H,26,28). The van der Waals surface area contributed by atoms with Crippen molar-refractivity contribution in [2.45, 2.75) is 27.7 Å². The number of anilines is 1. The number of aromatic nitrogens is 1. The Morgan fingerprint density at radius 2 is 1.77 bits per heavy atom. The van der Waals surface area contributed by atoms with E-state index in [-0.39, 0.29) is 5.91 Å². The highest BCUT2D eigenvalue weighted by Gasteiger charge is 2.18. The summed E-state index contributed by atoms with van der Waals surface area (Å²) < 4.78 is 11.5. The van der Waals surface area contributed by atoms with Crippen LogP contribution in [0.5, 0.6) is 5.75 Å². The molecule has 1 heterocycles. The molecule has 1 amide bonds. The maximum Gasteiger partial charge on any atom is 0.259 e. The predicted molar refractivity (Wildman–Crippen MR) is 119 cm³/mol. The third-order valence-electron chi connectivity index (χ3n) is 5.29. The zero-order valence-corrected chi connectivity index (χ0v) is 17.8. The number of hydrogen-bond donors (Lipinski definition) is 1. The molecule has 0 saturated carbocycles.